The lowest BCUT2D eigenvalue weighted by molar-refractivity contribution is -0.145. The zero-order chi connectivity index (χ0) is 21.7. The number of ether oxygens (including phenoxy) is 1. The Bertz CT molecular complexity index is 735. The molecule has 0 saturated carbocycles. The number of benzene rings is 1. The third-order valence-corrected chi connectivity index (χ3v) is 3.64. The van der Waals surface area contributed by atoms with E-state index in [9.17, 15) is 35.9 Å². The van der Waals surface area contributed by atoms with E-state index in [2.05, 4.69) is 10.1 Å². The van der Waals surface area contributed by atoms with E-state index in [-0.39, 0.29) is 12.5 Å². The fraction of sp³-hybridized carbons (Fsp3) is 0.471. The summed E-state index contributed by atoms with van der Waals surface area (Å²) in [5.41, 5.74) is -3.63. The van der Waals surface area contributed by atoms with Crippen LogP contribution in [0, 0.1) is 17.2 Å². The molecule has 0 spiro atoms. The number of carbonyl (C=O) groups excluding carboxylic acids is 2. The first-order chi connectivity index (χ1) is 12.8. The van der Waals surface area contributed by atoms with Gasteiger partial charge in [0.25, 0.3) is 0 Å². The first-order valence-corrected chi connectivity index (χ1v) is 7.83. The summed E-state index contributed by atoms with van der Waals surface area (Å²) in [6.07, 6.45) is -11.0. The van der Waals surface area contributed by atoms with Crippen LogP contribution in [0.5, 0.6) is 0 Å². The van der Waals surface area contributed by atoms with Gasteiger partial charge in [-0.1, -0.05) is 0 Å². The second-order valence-corrected chi connectivity index (χ2v) is 6.00. The third-order valence-electron chi connectivity index (χ3n) is 3.64. The second kappa shape index (κ2) is 8.95. The van der Waals surface area contributed by atoms with Crippen molar-refractivity contribution in [1.29, 1.82) is 5.26 Å². The molecule has 1 amide bonds. The number of nitrogens with one attached hydrogen (secondary N) is 1. The molecular formula is C17H16F6N2O3. The Morgan fingerprint density at radius 1 is 1.11 bits per heavy atom. The van der Waals surface area contributed by atoms with Crippen molar-refractivity contribution in [1.82, 2.24) is 5.32 Å². The van der Waals surface area contributed by atoms with Crippen molar-refractivity contribution < 1.29 is 40.7 Å². The van der Waals surface area contributed by atoms with Crippen molar-refractivity contribution >= 4 is 11.9 Å². The summed E-state index contributed by atoms with van der Waals surface area (Å²) in [4.78, 5) is 23.7. The molecular weight excluding hydrogens is 394 g/mol. The molecule has 5 nitrogen and oxygen atoms in total. The number of halogens is 6. The average molecular weight is 410 g/mol. The van der Waals surface area contributed by atoms with Gasteiger partial charge in [0.05, 0.1) is 30.7 Å². The van der Waals surface area contributed by atoms with Gasteiger partial charge in [0, 0.05) is 5.92 Å². The maximum atomic E-state index is 12.9. The Balaban J connectivity index is 3.09. The highest BCUT2D eigenvalue weighted by molar-refractivity contribution is 5.85. The minimum Gasteiger partial charge on any atom is -0.467 e. The van der Waals surface area contributed by atoms with Crippen LogP contribution >= 0.6 is 0 Å². The standard InChI is InChI=1S/C17H16F6N2O3/c1-9(8-24)3-13(15(27)28-2)25-14(26)6-10-4-11(16(18,19)20)7-12(5-10)17(21,22)23/h4-5,7,9,13H,3,6H2,1-2H3,(H,25,26)/t9-,13-/m0/s1. The van der Waals surface area contributed by atoms with Gasteiger partial charge in [-0.25, -0.2) is 4.79 Å². The molecule has 2 atom stereocenters. The topological polar surface area (TPSA) is 79.2 Å². The van der Waals surface area contributed by atoms with Crippen molar-refractivity contribution in [2.24, 2.45) is 5.92 Å². The summed E-state index contributed by atoms with van der Waals surface area (Å²) in [7, 11) is 1.03. The van der Waals surface area contributed by atoms with E-state index in [0.717, 1.165) is 7.11 Å². The molecule has 0 aromatic heterocycles. The fourth-order valence-electron chi connectivity index (χ4n) is 2.31. The van der Waals surface area contributed by atoms with Gasteiger partial charge in [-0.3, -0.25) is 4.79 Å². The van der Waals surface area contributed by atoms with Gasteiger partial charge in [-0.2, -0.15) is 31.6 Å². The van der Waals surface area contributed by atoms with Crippen LogP contribution in [0.1, 0.15) is 30.0 Å². The monoisotopic (exact) mass is 410 g/mol. The molecule has 11 heteroatoms. The predicted molar refractivity (Wildman–Crippen MR) is 83.5 cm³/mol. The molecule has 0 bridgehead atoms. The number of nitriles is 1. The summed E-state index contributed by atoms with van der Waals surface area (Å²) in [6, 6.07) is 1.39. The van der Waals surface area contributed by atoms with E-state index in [1.807, 2.05) is 6.07 Å². The van der Waals surface area contributed by atoms with Crippen molar-refractivity contribution in [3.63, 3.8) is 0 Å². The molecule has 1 aromatic carbocycles. The Hall–Kier alpha value is -2.77. The van der Waals surface area contributed by atoms with E-state index in [1.54, 1.807) is 0 Å². The smallest absolute Gasteiger partial charge is 0.416 e. The lowest BCUT2D eigenvalue weighted by atomic mass is 10.0. The average Bonchev–Trinajstić information content (AvgIpc) is 2.58. The largest absolute Gasteiger partial charge is 0.467 e. The molecule has 0 radical (unpaired) electrons. The molecule has 0 unspecified atom stereocenters. The number of hydrogen-bond donors (Lipinski definition) is 1. The highest BCUT2D eigenvalue weighted by atomic mass is 19.4. The van der Waals surface area contributed by atoms with Gasteiger partial charge in [0.2, 0.25) is 5.91 Å². The number of carbonyl (C=O) groups is 2. The zero-order valence-electron chi connectivity index (χ0n) is 14.7. The number of nitrogens with zero attached hydrogens (tertiary/aromatic N) is 1. The molecule has 1 rings (SSSR count). The van der Waals surface area contributed by atoms with Crippen LogP contribution in [0.25, 0.3) is 0 Å². The zero-order valence-corrected chi connectivity index (χ0v) is 14.7. The van der Waals surface area contributed by atoms with E-state index < -0.39 is 59.3 Å². The van der Waals surface area contributed by atoms with Gasteiger partial charge in [-0.05, 0) is 37.1 Å². The first kappa shape index (κ1) is 23.3. The van der Waals surface area contributed by atoms with Gasteiger partial charge in [0.15, 0.2) is 0 Å². The van der Waals surface area contributed by atoms with Crippen LogP contribution < -0.4 is 5.32 Å². The molecule has 1 aromatic rings. The Kier molecular flexibility index (Phi) is 7.43. The minimum absolute atomic E-state index is 0.0484. The van der Waals surface area contributed by atoms with Crippen LogP contribution in [0.3, 0.4) is 0 Å². The molecule has 0 aliphatic heterocycles. The molecule has 28 heavy (non-hydrogen) atoms. The number of amides is 1. The molecule has 0 fully saturated rings. The first-order valence-electron chi connectivity index (χ1n) is 7.83. The van der Waals surface area contributed by atoms with Gasteiger partial charge >= 0.3 is 18.3 Å². The predicted octanol–water partition coefficient (Wildman–Crippen LogP) is 3.47. The van der Waals surface area contributed by atoms with Gasteiger partial charge in [0.1, 0.15) is 6.04 Å². The molecule has 0 saturated heterocycles. The summed E-state index contributed by atoms with van der Waals surface area (Å²) in [5.74, 6) is -2.54. The molecule has 0 heterocycles. The van der Waals surface area contributed by atoms with Crippen LogP contribution in [0.15, 0.2) is 18.2 Å². The summed E-state index contributed by atoms with van der Waals surface area (Å²) in [5, 5.41) is 11.0. The molecule has 154 valence electrons. The van der Waals surface area contributed by atoms with Crippen molar-refractivity contribution in [2.75, 3.05) is 7.11 Å². The van der Waals surface area contributed by atoms with Crippen molar-refractivity contribution in [2.45, 2.75) is 38.2 Å². The van der Waals surface area contributed by atoms with E-state index in [4.69, 9.17) is 5.26 Å². The van der Waals surface area contributed by atoms with Crippen LogP contribution in [0.2, 0.25) is 0 Å². The van der Waals surface area contributed by atoms with Crippen LogP contribution in [-0.2, 0) is 33.1 Å². The van der Waals surface area contributed by atoms with Crippen molar-refractivity contribution in [3.05, 3.63) is 34.9 Å². The van der Waals surface area contributed by atoms with Crippen LogP contribution in [0.4, 0.5) is 26.3 Å². The quantitative estimate of drug-likeness (QED) is 0.575. The SMILES string of the molecule is COC(=O)[C@H](C[C@H](C)C#N)NC(=O)Cc1cc(C(F)(F)F)cc(C(F)(F)F)c1. The Labute approximate surface area is 156 Å². The Morgan fingerprint density at radius 3 is 2.00 bits per heavy atom. The summed E-state index contributed by atoms with van der Waals surface area (Å²) >= 11 is 0. The maximum absolute atomic E-state index is 12.9. The molecule has 0 aliphatic carbocycles. The fourth-order valence-corrected chi connectivity index (χ4v) is 2.31. The highest BCUT2D eigenvalue weighted by Gasteiger charge is 2.37. The third kappa shape index (κ3) is 6.75. The number of hydrogen-bond acceptors (Lipinski definition) is 4. The normalized spacial score (nSPS) is 14.0. The van der Waals surface area contributed by atoms with Gasteiger partial charge in [-0.15, -0.1) is 0 Å². The minimum atomic E-state index is -5.04. The molecule has 1 N–H and O–H groups in total. The van der Waals surface area contributed by atoms with Crippen molar-refractivity contribution in [3.8, 4) is 6.07 Å². The van der Waals surface area contributed by atoms with E-state index in [0.29, 0.717) is 12.1 Å². The number of rotatable bonds is 6. The van der Waals surface area contributed by atoms with Gasteiger partial charge < -0.3 is 10.1 Å². The Morgan fingerprint density at radius 2 is 1.61 bits per heavy atom. The maximum Gasteiger partial charge on any atom is 0.416 e. The second-order valence-electron chi connectivity index (χ2n) is 6.00. The van der Waals surface area contributed by atoms with Crippen LogP contribution in [-0.4, -0.2) is 25.0 Å². The van der Waals surface area contributed by atoms with E-state index >= 15 is 0 Å². The summed E-state index contributed by atoms with van der Waals surface area (Å²) < 4.78 is 81.6. The number of esters is 1. The number of alkyl halides is 6. The van der Waals surface area contributed by atoms with E-state index in [1.165, 1.54) is 6.92 Å². The summed E-state index contributed by atoms with van der Waals surface area (Å²) in [6.45, 7) is 1.46. The lowest BCUT2D eigenvalue weighted by Crippen LogP contribution is -2.43. The lowest BCUT2D eigenvalue weighted by Gasteiger charge is -2.18. The highest BCUT2D eigenvalue weighted by Crippen LogP contribution is 2.36. The number of methoxy groups -OCH3 is 1. The molecule has 0 aliphatic rings.